The Kier molecular flexibility index (Phi) is 3.67. The fourth-order valence-corrected chi connectivity index (χ4v) is 2.97. The molecule has 0 radical (unpaired) electrons. The van der Waals surface area contributed by atoms with E-state index >= 15 is 0 Å². The molecule has 1 N–H and O–H groups in total. The van der Waals surface area contributed by atoms with E-state index in [1.165, 1.54) is 10.5 Å². The van der Waals surface area contributed by atoms with Gasteiger partial charge in [0.25, 0.3) is 0 Å². The van der Waals surface area contributed by atoms with Crippen LogP contribution in [-0.2, 0) is 0 Å². The molecule has 0 aliphatic carbocycles. The number of thioether (sulfide) groups is 1. The van der Waals surface area contributed by atoms with E-state index in [1.54, 1.807) is 0 Å². The molecule has 0 aromatic heterocycles. The van der Waals surface area contributed by atoms with Gasteiger partial charge in [0.15, 0.2) is 0 Å². The average Bonchev–Trinajstić information content (AvgIpc) is 2.22. The largest absolute Gasteiger partial charge is 0.313 e. The highest BCUT2D eigenvalue weighted by Crippen LogP contribution is 2.26. The zero-order valence-electron chi connectivity index (χ0n) is 9.36. The summed E-state index contributed by atoms with van der Waals surface area (Å²) in [4.78, 5) is 3.79. The fourth-order valence-electron chi connectivity index (χ4n) is 1.76. The van der Waals surface area contributed by atoms with Crippen molar-refractivity contribution in [2.45, 2.75) is 17.2 Å². The molecular formula is C12H18N2S. The minimum absolute atomic E-state index is 0.570. The van der Waals surface area contributed by atoms with Gasteiger partial charge in [0.2, 0.25) is 0 Å². The summed E-state index contributed by atoms with van der Waals surface area (Å²) in [6, 6.07) is 8.73. The lowest BCUT2D eigenvalue weighted by Crippen LogP contribution is -2.47. The first-order valence-corrected chi connectivity index (χ1v) is 6.28. The topological polar surface area (TPSA) is 15.3 Å². The molecule has 1 saturated heterocycles. The molecule has 1 aliphatic rings. The lowest BCUT2D eigenvalue weighted by molar-refractivity contribution is 0.266. The molecule has 3 heteroatoms. The standard InChI is InChI=1S/C12H18N2S/c1-10-4-3-5-11(8-10)15-12-9-13-6-7-14(12)2/h3-5,8,12-13H,6-7,9H2,1-2H3. The Labute approximate surface area is 96.0 Å². The maximum absolute atomic E-state index is 3.44. The summed E-state index contributed by atoms with van der Waals surface area (Å²) in [5.41, 5.74) is 1.34. The van der Waals surface area contributed by atoms with E-state index in [4.69, 9.17) is 0 Å². The van der Waals surface area contributed by atoms with Crippen LogP contribution in [0.5, 0.6) is 0 Å². The molecule has 1 atom stereocenters. The van der Waals surface area contributed by atoms with Crippen molar-refractivity contribution in [3.05, 3.63) is 29.8 Å². The van der Waals surface area contributed by atoms with Crippen LogP contribution in [-0.4, -0.2) is 37.0 Å². The summed E-state index contributed by atoms with van der Waals surface area (Å²) >= 11 is 1.95. The number of nitrogens with zero attached hydrogens (tertiary/aromatic N) is 1. The third kappa shape index (κ3) is 2.97. The molecule has 1 unspecified atom stereocenters. The average molecular weight is 222 g/mol. The van der Waals surface area contributed by atoms with Crippen LogP contribution < -0.4 is 5.32 Å². The highest BCUT2D eigenvalue weighted by atomic mass is 32.2. The van der Waals surface area contributed by atoms with Gasteiger partial charge in [-0.1, -0.05) is 17.7 Å². The second-order valence-corrected chi connectivity index (χ2v) is 5.32. The number of likely N-dealkylation sites (N-methyl/N-ethyl adjacent to an activating group) is 1. The SMILES string of the molecule is Cc1cccc(SC2CNCCN2C)c1. The Morgan fingerprint density at radius 3 is 3.07 bits per heavy atom. The van der Waals surface area contributed by atoms with Crippen molar-refractivity contribution in [1.29, 1.82) is 0 Å². The summed E-state index contributed by atoms with van der Waals surface area (Å²) in [5.74, 6) is 0. The van der Waals surface area contributed by atoms with E-state index in [-0.39, 0.29) is 0 Å². The quantitative estimate of drug-likeness (QED) is 0.823. The van der Waals surface area contributed by atoms with E-state index < -0.39 is 0 Å². The van der Waals surface area contributed by atoms with Crippen LogP contribution in [0, 0.1) is 6.92 Å². The van der Waals surface area contributed by atoms with Crippen LogP contribution in [0.15, 0.2) is 29.2 Å². The first-order valence-electron chi connectivity index (χ1n) is 5.40. The van der Waals surface area contributed by atoms with Gasteiger partial charge in [-0.15, -0.1) is 11.8 Å². The molecule has 0 spiro atoms. The number of benzene rings is 1. The van der Waals surface area contributed by atoms with Crippen LogP contribution in [0.2, 0.25) is 0 Å². The van der Waals surface area contributed by atoms with E-state index in [0.717, 1.165) is 19.6 Å². The Morgan fingerprint density at radius 1 is 1.47 bits per heavy atom. The van der Waals surface area contributed by atoms with Gasteiger partial charge in [0, 0.05) is 24.5 Å². The molecule has 1 heterocycles. The van der Waals surface area contributed by atoms with Crippen LogP contribution in [0.25, 0.3) is 0 Å². The van der Waals surface area contributed by atoms with Crippen LogP contribution in [0.3, 0.4) is 0 Å². The second-order valence-electron chi connectivity index (χ2n) is 4.07. The highest BCUT2D eigenvalue weighted by molar-refractivity contribution is 7.99. The number of aryl methyl sites for hydroxylation is 1. The van der Waals surface area contributed by atoms with Gasteiger partial charge < -0.3 is 5.32 Å². The van der Waals surface area contributed by atoms with Crippen LogP contribution in [0.4, 0.5) is 0 Å². The fraction of sp³-hybridized carbons (Fsp3) is 0.500. The first-order chi connectivity index (χ1) is 7.25. The number of nitrogens with one attached hydrogen (secondary N) is 1. The summed E-state index contributed by atoms with van der Waals surface area (Å²) < 4.78 is 0. The van der Waals surface area contributed by atoms with Crippen molar-refractivity contribution < 1.29 is 0 Å². The van der Waals surface area contributed by atoms with Gasteiger partial charge >= 0.3 is 0 Å². The van der Waals surface area contributed by atoms with E-state index in [9.17, 15) is 0 Å². The van der Waals surface area contributed by atoms with Gasteiger partial charge in [-0.3, -0.25) is 4.90 Å². The molecule has 1 aromatic carbocycles. The number of rotatable bonds is 2. The highest BCUT2D eigenvalue weighted by Gasteiger charge is 2.19. The summed E-state index contributed by atoms with van der Waals surface area (Å²) in [5, 5.41) is 4.01. The maximum Gasteiger partial charge on any atom is 0.0728 e. The molecule has 1 aromatic rings. The van der Waals surface area contributed by atoms with Crippen LogP contribution in [0.1, 0.15) is 5.56 Å². The Hall–Kier alpha value is -0.510. The van der Waals surface area contributed by atoms with E-state index in [0.29, 0.717) is 5.37 Å². The normalized spacial score (nSPS) is 22.9. The third-order valence-corrected chi connectivity index (χ3v) is 4.04. The molecule has 1 aliphatic heterocycles. The molecule has 2 rings (SSSR count). The minimum atomic E-state index is 0.570. The number of piperazine rings is 1. The molecule has 0 amide bonds. The van der Waals surface area contributed by atoms with Crippen molar-refractivity contribution >= 4 is 11.8 Å². The Bertz CT molecular complexity index is 327. The lowest BCUT2D eigenvalue weighted by atomic mass is 10.2. The predicted octanol–water partition coefficient (Wildman–Crippen LogP) is 1.95. The van der Waals surface area contributed by atoms with Crippen molar-refractivity contribution in [2.24, 2.45) is 0 Å². The Morgan fingerprint density at radius 2 is 2.33 bits per heavy atom. The van der Waals surface area contributed by atoms with Gasteiger partial charge in [-0.2, -0.15) is 0 Å². The number of hydrogen-bond donors (Lipinski definition) is 1. The summed E-state index contributed by atoms with van der Waals surface area (Å²) in [6.07, 6.45) is 0. The molecule has 0 saturated carbocycles. The van der Waals surface area contributed by atoms with Gasteiger partial charge in [0.05, 0.1) is 5.37 Å². The summed E-state index contributed by atoms with van der Waals surface area (Å²) in [6.45, 7) is 5.48. The second kappa shape index (κ2) is 5.01. The van der Waals surface area contributed by atoms with E-state index in [2.05, 4.69) is 48.5 Å². The minimum Gasteiger partial charge on any atom is -0.313 e. The maximum atomic E-state index is 3.44. The van der Waals surface area contributed by atoms with Crippen molar-refractivity contribution in [2.75, 3.05) is 26.7 Å². The Balaban J connectivity index is 2.01. The van der Waals surface area contributed by atoms with Crippen molar-refractivity contribution in [3.8, 4) is 0 Å². The monoisotopic (exact) mass is 222 g/mol. The summed E-state index contributed by atoms with van der Waals surface area (Å²) in [7, 11) is 2.20. The molecule has 82 valence electrons. The predicted molar refractivity (Wildman–Crippen MR) is 66.3 cm³/mol. The molecule has 0 bridgehead atoms. The molecular weight excluding hydrogens is 204 g/mol. The van der Waals surface area contributed by atoms with Gasteiger partial charge in [-0.25, -0.2) is 0 Å². The smallest absolute Gasteiger partial charge is 0.0728 e. The zero-order chi connectivity index (χ0) is 10.7. The molecule has 15 heavy (non-hydrogen) atoms. The van der Waals surface area contributed by atoms with Crippen LogP contribution >= 0.6 is 11.8 Å². The molecule has 2 nitrogen and oxygen atoms in total. The first kappa shape index (κ1) is 11.0. The van der Waals surface area contributed by atoms with Crippen molar-refractivity contribution in [3.63, 3.8) is 0 Å². The van der Waals surface area contributed by atoms with Crippen molar-refractivity contribution in [1.82, 2.24) is 10.2 Å². The molecule has 1 fully saturated rings. The lowest BCUT2D eigenvalue weighted by Gasteiger charge is -2.32. The van der Waals surface area contributed by atoms with Gasteiger partial charge in [-0.05, 0) is 26.1 Å². The third-order valence-electron chi connectivity index (χ3n) is 2.71. The van der Waals surface area contributed by atoms with E-state index in [1.807, 2.05) is 11.8 Å². The van der Waals surface area contributed by atoms with Gasteiger partial charge in [0.1, 0.15) is 0 Å². The number of hydrogen-bond acceptors (Lipinski definition) is 3. The zero-order valence-corrected chi connectivity index (χ0v) is 10.2.